The third-order valence-electron chi connectivity index (χ3n) is 7.57. The minimum absolute atomic E-state index is 0.0476. The van der Waals surface area contributed by atoms with Gasteiger partial charge in [-0.2, -0.15) is 9.97 Å². The molecule has 1 saturated carbocycles. The van der Waals surface area contributed by atoms with E-state index in [0.717, 1.165) is 87.6 Å². The van der Waals surface area contributed by atoms with E-state index in [-0.39, 0.29) is 12.6 Å². The molecule has 2 aliphatic heterocycles. The number of anilines is 4. The monoisotopic (exact) mass is 478 g/mol. The molecule has 1 atom stereocenters. The van der Waals surface area contributed by atoms with Crippen molar-refractivity contribution in [3.63, 3.8) is 0 Å². The molecule has 1 unspecified atom stereocenters. The van der Waals surface area contributed by atoms with E-state index in [0.29, 0.717) is 17.8 Å². The maximum Gasteiger partial charge on any atom is 0.229 e. The fraction of sp³-hybridized carbons (Fsp3) is 0.600. The molecular formula is C25H34N8O2. The predicted molar refractivity (Wildman–Crippen MR) is 135 cm³/mol. The standard InChI is InChI=1S/C25H34N8O2/c34-16-20-7-3-4-10-32(20)25-29-23(22-24(30-25)33(17-27-22)19-5-1-2-6-19)28-18-8-9-21(26-15-18)31-11-13-35-14-12-31/h8-9,15,17,19-20,34H,1-7,10-14,16H2,(H,28,29,30). The topological polar surface area (TPSA) is 104 Å². The van der Waals surface area contributed by atoms with Crippen molar-refractivity contribution in [3.8, 4) is 0 Å². The van der Waals surface area contributed by atoms with E-state index in [1.807, 2.05) is 24.7 Å². The highest BCUT2D eigenvalue weighted by Gasteiger charge is 2.27. The highest BCUT2D eigenvalue weighted by Crippen LogP contribution is 2.35. The Labute approximate surface area is 205 Å². The van der Waals surface area contributed by atoms with Gasteiger partial charge in [-0.1, -0.05) is 12.8 Å². The average Bonchev–Trinajstić information content (AvgIpc) is 3.60. The van der Waals surface area contributed by atoms with Gasteiger partial charge in [-0.25, -0.2) is 9.97 Å². The van der Waals surface area contributed by atoms with Gasteiger partial charge < -0.3 is 29.5 Å². The Balaban J connectivity index is 1.35. The number of imidazole rings is 1. The Hall–Kier alpha value is -2.98. The highest BCUT2D eigenvalue weighted by molar-refractivity contribution is 5.86. The van der Waals surface area contributed by atoms with Crippen molar-refractivity contribution >= 4 is 34.4 Å². The van der Waals surface area contributed by atoms with Crippen molar-refractivity contribution < 1.29 is 9.84 Å². The number of aromatic nitrogens is 5. The van der Waals surface area contributed by atoms with Crippen LogP contribution in [0.25, 0.3) is 11.2 Å². The number of aliphatic hydroxyl groups excluding tert-OH is 1. The molecule has 5 heterocycles. The van der Waals surface area contributed by atoms with Crippen LogP contribution in [0.1, 0.15) is 51.0 Å². The molecule has 3 aliphatic rings. The zero-order chi connectivity index (χ0) is 23.6. The molecule has 10 nitrogen and oxygen atoms in total. The number of nitrogens with zero attached hydrogens (tertiary/aromatic N) is 7. The summed E-state index contributed by atoms with van der Waals surface area (Å²) in [6.07, 6.45) is 11.7. The van der Waals surface area contributed by atoms with E-state index >= 15 is 0 Å². The number of pyridine rings is 1. The normalized spacial score (nSPS) is 21.7. The van der Waals surface area contributed by atoms with Crippen molar-refractivity contribution in [2.45, 2.75) is 57.0 Å². The van der Waals surface area contributed by atoms with E-state index in [1.165, 1.54) is 12.8 Å². The summed E-state index contributed by atoms with van der Waals surface area (Å²) in [6.45, 7) is 4.14. The first-order valence-corrected chi connectivity index (χ1v) is 13.0. The molecule has 2 N–H and O–H groups in total. The predicted octanol–water partition coefficient (Wildman–Crippen LogP) is 3.27. The largest absolute Gasteiger partial charge is 0.394 e. The fourth-order valence-corrected chi connectivity index (χ4v) is 5.60. The number of hydrogen-bond acceptors (Lipinski definition) is 9. The molecular weight excluding hydrogens is 444 g/mol. The summed E-state index contributed by atoms with van der Waals surface area (Å²) in [5, 5.41) is 13.5. The Morgan fingerprint density at radius 2 is 1.80 bits per heavy atom. The summed E-state index contributed by atoms with van der Waals surface area (Å²) < 4.78 is 7.69. The van der Waals surface area contributed by atoms with E-state index in [2.05, 4.69) is 24.7 Å². The van der Waals surface area contributed by atoms with E-state index in [1.54, 1.807) is 0 Å². The van der Waals surface area contributed by atoms with Crippen molar-refractivity contribution in [2.24, 2.45) is 0 Å². The highest BCUT2D eigenvalue weighted by atomic mass is 16.5. The van der Waals surface area contributed by atoms with Crippen LogP contribution in [0.5, 0.6) is 0 Å². The van der Waals surface area contributed by atoms with Crippen LogP contribution >= 0.6 is 0 Å². The number of morpholine rings is 1. The molecule has 0 amide bonds. The zero-order valence-electron chi connectivity index (χ0n) is 20.1. The third-order valence-corrected chi connectivity index (χ3v) is 7.57. The average molecular weight is 479 g/mol. The van der Waals surface area contributed by atoms with Crippen LogP contribution in [0, 0.1) is 0 Å². The quantitative estimate of drug-likeness (QED) is 0.552. The second-order valence-corrected chi connectivity index (χ2v) is 9.79. The first-order valence-electron chi connectivity index (χ1n) is 13.0. The summed E-state index contributed by atoms with van der Waals surface area (Å²) in [5.74, 6) is 2.30. The van der Waals surface area contributed by atoms with Gasteiger partial charge in [0.2, 0.25) is 5.95 Å². The molecule has 2 saturated heterocycles. The second kappa shape index (κ2) is 9.94. The summed E-state index contributed by atoms with van der Waals surface area (Å²) in [5.41, 5.74) is 2.50. The molecule has 186 valence electrons. The molecule has 3 fully saturated rings. The van der Waals surface area contributed by atoms with E-state index < -0.39 is 0 Å². The maximum atomic E-state index is 10.0. The van der Waals surface area contributed by atoms with Gasteiger partial charge in [0.05, 0.1) is 44.1 Å². The number of aliphatic hydroxyl groups is 1. The first kappa shape index (κ1) is 22.5. The molecule has 10 heteroatoms. The molecule has 6 rings (SSSR count). The molecule has 1 aliphatic carbocycles. The number of fused-ring (bicyclic) bond motifs is 1. The SMILES string of the molecule is OCC1CCCCN1c1nc(Nc2ccc(N3CCOCC3)nc2)c2ncn(C3CCCC3)c2n1. The van der Waals surface area contributed by atoms with Gasteiger partial charge in [0.25, 0.3) is 0 Å². The first-order chi connectivity index (χ1) is 17.3. The van der Waals surface area contributed by atoms with Crippen LogP contribution in [0.15, 0.2) is 24.7 Å². The van der Waals surface area contributed by atoms with Crippen LogP contribution in [0.2, 0.25) is 0 Å². The lowest BCUT2D eigenvalue weighted by atomic mass is 10.0. The van der Waals surface area contributed by atoms with E-state index in [9.17, 15) is 5.11 Å². The third kappa shape index (κ3) is 4.52. The Kier molecular flexibility index (Phi) is 6.39. The van der Waals surface area contributed by atoms with Crippen molar-refractivity contribution in [1.29, 1.82) is 0 Å². The minimum atomic E-state index is 0.0476. The van der Waals surface area contributed by atoms with Crippen LogP contribution in [-0.4, -0.2) is 75.1 Å². The van der Waals surface area contributed by atoms with Crippen molar-refractivity contribution in [2.75, 3.05) is 54.6 Å². The van der Waals surface area contributed by atoms with Crippen LogP contribution in [0.4, 0.5) is 23.3 Å². The molecule has 0 spiro atoms. The lowest BCUT2D eigenvalue weighted by Gasteiger charge is -2.34. The molecule has 3 aromatic heterocycles. The van der Waals surface area contributed by atoms with Crippen molar-refractivity contribution in [3.05, 3.63) is 24.7 Å². The van der Waals surface area contributed by atoms with Gasteiger partial charge in [0.1, 0.15) is 5.82 Å². The lowest BCUT2D eigenvalue weighted by Crippen LogP contribution is -2.43. The smallest absolute Gasteiger partial charge is 0.229 e. The van der Waals surface area contributed by atoms with Gasteiger partial charge in [-0.15, -0.1) is 0 Å². The van der Waals surface area contributed by atoms with Crippen LogP contribution in [0.3, 0.4) is 0 Å². The zero-order valence-corrected chi connectivity index (χ0v) is 20.1. The van der Waals surface area contributed by atoms with E-state index in [4.69, 9.17) is 19.7 Å². The Morgan fingerprint density at radius 3 is 2.57 bits per heavy atom. The summed E-state index contributed by atoms with van der Waals surface area (Å²) in [7, 11) is 0. The summed E-state index contributed by atoms with van der Waals surface area (Å²) in [6, 6.07) is 4.55. The summed E-state index contributed by atoms with van der Waals surface area (Å²) >= 11 is 0. The number of hydrogen-bond donors (Lipinski definition) is 2. The minimum Gasteiger partial charge on any atom is -0.394 e. The summed E-state index contributed by atoms with van der Waals surface area (Å²) in [4.78, 5) is 23.8. The number of piperidine rings is 1. The van der Waals surface area contributed by atoms with Gasteiger partial charge in [-0.3, -0.25) is 0 Å². The lowest BCUT2D eigenvalue weighted by molar-refractivity contribution is 0.122. The molecule has 0 bridgehead atoms. The Bertz CT molecular complexity index is 1140. The van der Waals surface area contributed by atoms with Gasteiger partial charge in [0, 0.05) is 25.7 Å². The number of nitrogens with one attached hydrogen (secondary N) is 1. The van der Waals surface area contributed by atoms with Crippen molar-refractivity contribution in [1.82, 2.24) is 24.5 Å². The van der Waals surface area contributed by atoms with Gasteiger partial charge >= 0.3 is 0 Å². The number of rotatable bonds is 6. The molecule has 0 radical (unpaired) electrons. The number of ether oxygens (including phenoxy) is 1. The van der Waals surface area contributed by atoms with Crippen LogP contribution < -0.4 is 15.1 Å². The maximum absolute atomic E-state index is 10.0. The van der Waals surface area contributed by atoms with Gasteiger partial charge in [-0.05, 0) is 44.2 Å². The van der Waals surface area contributed by atoms with Crippen LogP contribution in [-0.2, 0) is 4.74 Å². The molecule has 3 aromatic rings. The van der Waals surface area contributed by atoms with Gasteiger partial charge in [0.15, 0.2) is 17.0 Å². The molecule has 0 aromatic carbocycles. The molecule has 35 heavy (non-hydrogen) atoms. The Morgan fingerprint density at radius 1 is 0.971 bits per heavy atom. The fourth-order valence-electron chi connectivity index (χ4n) is 5.60. The second-order valence-electron chi connectivity index (χ2n) is 9.79.